The van der Waals surface area contributed by atoms with E-state index < -0.39 is 17.9 Å². The Bertz CT molecular complexity index is 922. The lowest BCUT2D eigenvalue weighted by atomic mass is 10.1. The van der Waals surface area contributed by atoms with E-state index in [1.807, 2.05) is 54.6 Å². The van der Waals surface area contributed by atoms with Gasteiger partial charge in [0.25, 0.3) is 11.8 Å². The second-order valence-corrected chi connectivity index (χ2v) is 5.88. The van der Waals surface area contributed by atoms with Gasteiger partial charge in [0.05, 0.1) is 0 Å². The van der Waals surface area contributed by atoms with Gasteiger partial charge in [-0.1, -0.05) is 54.6 Å². The smallest absolute Gasteiger partial charge is 0.279 e. The van der Waals surface area contributed by atoms with Crippen molar-refractivity contribution in [3.63, 3.8) is 0 Å². The van der Waals surface area contributed by atoms with Crippen molar-refractivity contribution in [3.05, 3.63) is 72.8 Å². The first-order chi connectivity index (χ1) is 13.1. The number of benzene rings is 3. The molecule has 2 N–H and O–H groups in total. The van der Waals surface area contributed by atoms with E-state index in [9.17, 15) is 9.59 Å². The van der Waals surface area contributed by atoms with Gasteiger partial charge in [-0.3, -0.25) is 20.4 Å². The highest BCUT2D eigenvalue weighted by Crippen LogP contribution is 2.24. The summed E-state index contributed by atoms with van der Waals surface area (Å²) in [4.78, 5) is 24.0. The first-order valence-corrected chi connectivity index (χ1v) is 8.54. The molecule has 6 nitrogen and oxygen atoms in total. The van der Waals surface area contributed by atoms with E-state index in [2.05, 4.69) is 10.9 Å². The van der Waals surface area contributed by atoms with E-state index in [4.69, 9.17) is 9.47 Å². The minimum absolute atomic E-state index is 0.220. The Balaban J connectivity index is 1.47. The fraction of sp³-hybridized carbons (Fsp3) is 0.143. The molecule has 0 bridgehead atoms. The van der Waals surface area contributed by atoms with E-state index in [0.717, 1.165) is 10.8 Å². The summed E-state index contributed by atoms with van der Waals surface area (Å²) in [6.07, 6.45) is -0.758. The number of carbonyl (C=O) groups is 2. The molecule has 0 heterocycles. The Morgan fingerprint density at radius 1 is 0.889 bits per heavy atom. The highest BCUT2D eigenvalue weighted by atomic mass is 16.5. The van der Waals surface area contributed by atoms with Crippen LogP contribution in [0.3, 0.4) is 0 Å². The average molecular weight is 364 g/mol. The average Bonchev–Trinajstić information content (AvgIpc) is 2.71. The zero-order valence-corrected chi connectivity index (χ0v) is 14.8. The maximum absolute atomic E-state index is 12.0. The summed E-state index contributed by atoms with van der Waals surface area (Å²) in [5.41, 5.74) is 4.66. The Morgan fingerprint density at radius 2 is 1.59 bits per heavy atom. The number of nitrogens with one attached hydrogen (secondary N) is 2. The van der Waals surface area contributed by atoms with E-state index in [1.54, 1.807) is 25.1 Å². The van der Waals surface area contributed by atoms with Crippen molar-refractivity contribution < 1.29 is 19.1 Å². The molecule has 1 unspecified atom stereocenters. The minimum atomic E-state index is -0.758. The zero-order valence-electron chi connectivity index (χ0n) is 14.8. The van der Waals surface area contributed by atoms with Crippen LogP contribution in [-0.2, 0) is 9.59 Å². The molecule has 3 rings (SSSR count). The number of hydrogen-bond donors (Lipinski definition) is 2. The van der Waals surface area contributed by atoms with Gasteiger partial charge in [0.1, 0.15) is 11.5 Å². The second-order valence-electron chi connectivity index (χ2n) is 5.88. The number of amides is 2. The van der Waals surface area contributed by atoms with E-state index in [0.29, 0.717) is 11.5 Å². The molecule has 0 radical (unpaired) electrons. The predicted octanol–water partition coefficient (Wildman–Crippen LogP) is 2.83. The largest absolute Gasteiger partial charge is 0.483 e. The van der Waals surface area contributed by atoms with Crippen LogP contribution in [0.15, 0.2) is 72.8 Å². The van der Waals surface area contributed by atoms with Gasteiger partial charge in [0, 0.05) is 5.39 Å². The van der Waals surface area contributed by atoms with E-state index in [-0.39, 0.29) is 6.61 Å². The third-order valence-corrected chi connectivity index (χ3v) is 3.86. The van der Waals surface area contributed by atoms with E-state index in [1.165, 1.54) is 0 Å². The Morgan fingerprint density at radius 3 is 2.41 bits per heavy atom. The maximum atomic E-state index is 12.0. The standard InChI is InChI=1S/C21H20N2O4/c1-15(27-17-10-3-2-4-11-17)21(25)23-22-20(24)14-26-19-13-7-9-16-8-5-6-12-18(16)19/h2-13,15H,14H2,1H3,(H,22,24)(H,23,25). The van der Waals surface area contributed by atoms with Crippen molar-refractivity contribution in [2.75, 3.05) is 6.61 Å². The third-order valence-electron chi connectivity index (χ3n) is 3.86. The van der Waals surface area contributed by atoms with Crippen molar-refractivity contribution in [2.45, 2.75) is 13.0 Å². The molecule has 6 heteroatoms. The van der Waals surface area contributed by atoms with Gasteiger partial charge >= 0.3 is 0 Å². The molecular weight excluding hydrogens is 344 g/mol. The van der Waals surface area contributed by atoms with Crippen molar-refractivity contribution in [3.8, 4) is 11.5 Å². The van der Waals surface area contributed by atoms with Crippen molar-refractivity contribution in [1.82, 2.24) is 10.9 Å². The van der Waals surface area contributed by atoms with Crippen LogP contribution < -0.4 is 20.3 Å². The number of carbonyl (C=O) groups excluding carboxylic acids is 2. The van der Waals surface area contributed by atoms with Gasteiger partial charge in [-0.15, -0.1) is 0 Å². The number of ether oxygens (including phenoxy) is 2. The first kappa shape index (κ1) is 18.3. The number of hydrazine groups is 1. The topological polar surface area (TPSA) is 76.7 Å². The van der Waals surface area contributed by atoms with Crippen LogP contribution in [0, 0.1) is 0 Å². The number of rotatable bonds is 6. The molecule has 0 aliphatic rings. The molecule has 0 aromatic heterocycles. The summed E-state index contributed by atoms with van der Waals surface area (Å²) in [5, 5.41) is 1.94. The summed E-state index contributed by atoms with van der Waals surface area (Å²) in [6, 6.07) is 22.3. The second kappa shape index (κ2) is 8.71. The van der Waals surface area contributed by atoms with Gasteiger partial charge in [-0.25, -0.2) is 0 Å². The van der Waals surface area contributed by atoms with Gasteiger partial charge in [-0.2, -0.15) is 0 Å². The minimum Gasteiger partial charge on any atom is -0.483 e. The number of fused-ring (bicyclic) bond motifs is 1. The molecule has 1 atom stereocenters. The lowest BCUT2D eigenvalue weighted by Gasteiger charge is -2.15. The molecule has 0 fully saturated rings. The number of para-hydroxylation sites is 1. The lowest BCUT2D eigenvalue weighted by Crippen LogP contribution is -2.48. The van der Waals surface area contributed by atoms with Crippen LogP contribution in [-0.4, -0.2) is 24.5 Å². The lowest BCUT2D eigenvalue weighted by molar-refractivity contribution is -0.133. The molecule has 27 heavy (non-hydrogen) atoms. The fourth-order valence-electron chi connectivity index (χ4n) is 2.49. The fourth-order valence-corrected chi connectivity index (χ4v) is 2.49. The maximum Gasteiger partial charge on any atom is 0.279 e. The van der Waals surface area contributed by atoms with E-state index >= 15 is 0 Å². The number of hydrogen-bond acceptors (Lipinski definition) is 4. The molecule has 0 saturated carbocycles. The Labute approximate surface area is 157 Å². The van der Waals surface area contributed by atoms with Crippen LogP contribution in [0.1, 0.15) is 6.92 Å². The third kappa shape index (κ3) is 4.98. The van der Waals surface area contributed by atoms with Crippen LogP contribution in [0.2, 0.25) is 0 Å². The molecule has 0 aliphatic heterocycles. The van der Waals surface area contributed by atoms with Crippen molar-refractivity contribution in [1.29, 1.82) is 0 Å². The summed E-state index contributed by atoms with van der Waals surface area (Å²) < 4.78 is 11.1. The Kier molecular flexibility index (Phi) is 5.89. The van der Waals surface area contributed by atoms with Crippen LogP contribution in [0.4, 0.5) is 0 Å². The van der Waals surface area contributed by atoms with Crippen molar-refractivity contribution >= 4 is 22.6 Å². The quantitative estimate of drug-likeness (QED) is 0.660. The first-order valence-electron chi connectivity index (χ1n) is 8.54. The SMILES string of the molecule is CC(Oc1ccccc1)C(=O)NNC(=O)COc1cccc2ccccc12. The molecule has 3 aromatic rings. The monoisotopic (exact) mass is 364 g/mol. The Hall–Kier alpha value is -3.54. The molecule has 0 aliphatic carbocycles. The van der Waals surface area contributed by atoms with Crippen LogP contribution in [0.25, 0.3) is 10.8 Å². The van der Waals surface area contributed by atoms with Gasteiger partial charge in [0.15, 0.2) is 12.7 Å². The molecule has 0 saturated heterocycles. The zero-order chi connectivity index (χ0) is 19.1. The van der Waals surface area contributed by atoms with Crippen molar-refractivity contribution in [2.24, 2.45) is 0 Å². The van der Waals surface area contributed by atoms with Crippen LogP contribution in [0.5, 0.6) is 11.5 Å². The molecule has 138 valence electrons. The highest BCUT2D eigenvalue weighted by Gasteiger charge is 2.15. The predicted molar refractivity (Wildman–Crippen MR) is 102 cm³/mol. The molecular formula is C21H20N2O4. The summed E-state index contributed by atoms with van der Waals surface area (Å²) in [5.74, 6) is 0.252. The van der Waals surface area contributed by atoms with Gasteiger partial charge in [0.2, 0.25) is 0 Å². The molecule has 2 amide bonds. The normalized spacial score (nSPS) is 11.4. The van der Waals surface area contributed by atoms with Gasteiger partial charge in [-0.05, 0) is 30.5 Å². The summed E-state index contributed by atoms with van der Waals surface area (Å²) in [7, 11) is 0. The molecule has 0 spiro atoms. The van der Waals surface area contributed by atoms with Crippen LogP contribution >= 0.6 is 0 Å². The summed E-state index contributed by atoms with van der Waals surface area (Å²) in [6.45, 7) is 1.38. The highest BCUT2D eigenvalue weighted by molar-refractivity contribution is 5.89. The molecule has 3 aromatic carbocycles. The summed E-state index contributed by atoms with van der Waals surface area (Å²) >= 11 is 0. The van der Waals surface area contributed by atoms with Gasteiger partial charge < -0.3 is 9.47 Å².